The highest BCUT2D eigenvalue weighted by Gasteiger charge is 2.06. The Labute approximate surface area is 121 Å². The molecular weight excluding hydrogens is 271 g/mol. The lowest BCUT2D eigenvalue weighted by Gasteiger charge is -2.14. The van der Waals surface area contributed by atoms with Gasteiger partial charge in [0, 0.05) is 11.4 Å². The highest BCUT2D eigenvalue weighted by Crippen LogP contribution is 2.20. The van der Waals surface area contributed by atoms with Crippen molar-refractivity contribution in [1.29, 1.82) is 0 Å². The molecule has 0 aliphatic heterocycles. The topological polar surface area (TPSA) is 62.1 Å². The van der Waals surface area contributed by atoms with Crippen molar-refractivity contribution >= 4 is 16.7 Å². The lowest BCUT2D eigenvalue weighted by atomic mass is 10.2. The van der Waals surface area contributed by atoms with Crippen LogP contribution < -0.4 is 10.6 Å². The van der Waals surface area contributed by atoms with E-state index in [2.05, 4.69) is 15.6 Å². The first-order valence-electron chi connectivity index (χ1n) is 6.54. The highest BCUT2D eigenvalue weighted by molar-refractivity contribution is 5.77. The summed E-state index contributed by atoms with van der Waals surface area (Å²) < 4.78 is 14.1. The molecule has 0 aliphatic rings. The fourth-order valence-electron chi connectivity index (χ4n) is 2.19. The maximum atomic E-state index is 12.1. The van der Waals surface area contributed by atoms with E-state index in [4.69, 9.17) is 0 Å². The third-order valence-corrected chi connectivity index (χ3v) is 3.15. The molecule has 0 saturated carbocycles. The van der Waals surface area contributed by atoms with Gasteiger partial charge in [-0.25, -0.2) is 14.7 Å². The Bertz CT molecular complexity index is 743. The van der Waals surface area contributed by atoms with Crippen molar-refractivity contribution in [2.24, 2.45) is 0 Å². The third-order valence-electron chi connectivity index (χ3n) is 3.15. The van der Waals surface area contributed by atoms with E-state index in [9.17, 15) is 9.50 Å². The van der Waals surface area contributed by atoms with Crippen molar-refractivity contribution in [3.05, 3.63) is 54.9 Å². The van der Waals surface area contributed by atoms with Gasteiger partial charge in [0.1, 0.15) is 13.1 Å². The van der Waals surface area contributed by atoms with E-state index in [0.717, 1.165) is 16.7 Å². The summed E-state index contributed by atoms with van der Waals surface area (Å²) in [6.07, 6.45) is 0.616. The zero-order chi connectivity index (χ0) is 14.7. The number of fused-ring (bicyclic) bond motifs is 1. The molecule has 0 spiro atoms. The summed E-state index contributed by atoms with van der Waals surface area (Å²) in [6, 6.07) is 15.3. The van der Waals surface area contributed by atoms with E-state index >= 15 is 0 Å². The van der Waals surface area contributed by atoms with Crippen LogP contribution in [0, 0.1) is 0 Å². The normalized spacial score (nSPS) is 12.5. The minimum absolute atomic E-state index is 0.679. The first kappa shape index (κ1) is 13.5. The Hall–Kier alpha value is -2.44. The SMILES string of the molecule is OC(NCF)Nc1cccc(-n2cnc3ccccc32)c1. The molecule has 21 heavy (non-hydrogen) atoms. The number of aliphatic hydroxyl groups is 1. The predicted molar refractivity (Wildman–Crippen MR) is 79.8 cm³/mol. The Balaban J connectivity index is 1.92. The first-order chi connectivity index (χ1) is 10.3. The molecule has 0 aliphatic carbocycles. The Kier molecular flexibility index (Phi) is 3.81. The van der Waals surface area contributed by atoms with Crippen molar-refractivity contribution in [3.8, 4) is 5.69 Å². The summed E-state index contributed by atoms with van der Waals surface area (Å²) in [5.41, 5.74) is 3.49. The van der Waals surface area contributed by atoms with E-state index in [1.807, 2.05) is 47.0 Å². The predicted octanol–water partition coefficient (Wildman–Crippen LogP) is 2.23. The number of hydrogen-bond acceptors (Lipinski definition) is 4. The fourth-order valence-corrected chi connectivity index (χ4v) is 2.19. The number of nitrogens with zero attached hydrogens (tertiary/aromatic N) is 2. The van der Waals surface area contributed by atoms with E-state index in [1.165, 1.54) is 0 Å². The summed E-state index contributed by atoms with van der Waals surface area (Å²) in [7, 11) is 0. The number of imidazole rings is 1. The number of aromatic nitrogens is 2. The number of aliphatic hydroxyl groups excluding tert-OH is 1. The van der Waals surface area contributed by atoms with Crippen LogP contribution in [-0.4, -0.2) is 27.8 Å². The van der Waals surface area contributed by atoms with Gasteiger partial charge >= 0.3 is 0 Å². The van der Waals surface area contributed by atoms with Crippen LogP contribution in [0.1, 0.15) is 0 Å². The number of hydrogen-bond donors (Lipinski definition) is 3. The number of para-hydroxylation sites is 2. The van der Waals surface area contributed by atoms with Crippen LogP contribution in [0.5, 0.6) is 0 Å². The van der Waals surface area contributed by atoms with E-state index < -0.39 is 13.2 Å². The van der Waals surface area contributed by atoms with Gasteiger partial charge in [0.2, 0.25) is 0 Å². The lowest BCUT2D eigenvalue weighted by molar-refractivity contribution is 0.147. The number of anilines is 1. The largest absolute Gasteiger partial charge is 0.361 e. The second kappa shape index (κ2) is 5.90. The van der Waals surface area contributed by atoms with Crippen molar-refractivity contribution in [2.45, 2.75) is 6.35 Å². The average Bonchev–Trinajstić information content (AvgIpc) is 2.91. The van der Waals surface area contributed by atoms with Crippen molar-refractivity contribution in [3.63, 3.8) is 0 Å². The van der Waals surface area contributed by atoms with Crippen LogP contribution in [0.4, 0.5) is 10.1 Å². The number of alkyl halides is 1. The molecule has 0 fully saturated rings. The van der Waals surface area contributed by atoms with Gasteiger partial charge in [0.25, 0.3) is 0 Å². The van der Waals surface area contributed by atoms with E-state index in [0.29, 0.717) is 5.69 Å². The van der Waals surface area contributed by atoms with Gasteiger partial charge in [0.05, 0.1) is 11.0 Å². The minimum Gasteiger partial charge on any atom is -0.361 e. The number of benzene rings is 2. The Morgan fingerprint density at radius 2 is 2.05 bits per heavy atom. The zero-order valence-electron chi connectivity index (χ0n) is 11.2. The van der Waals surface area contributed by atoms with Crippen LogP contribution in [-0.2, 0) is 0 Å². The molecule has 2 aromatic carbocycles. The average molecular weight is 286 g/mol. The van der Waals surface area contributed by atoms with Gasteiger partial charge in [-0.1, -0.05) is 18.2 Å². The highest BCUT2D eigenvalue weighted by atomic mass is 19.1. The van der Waals surface area contributed by atoms with Gasteiger partial charge in [0.15, 0.2) is 6.35 Å². The van der Waals surface area contributed by atoms with Crippen LogP contribution in [0.25, 0.3) is 16.7 Å². The number of nitrogens with one attached hydrogen (secondary N) is 2. The molecule has 5 nitrogen and oxygen atoms in total. The molecule has 108 valence electrons. The Morgan fingerprint density at radius 3 is 2.90 bits per heavy atom. The Morgan fingerprint density at radius 1 is 1.19 bits per heavy atom. The smallest absolute Gasteiger partial charge is 0.183 e. The lowest BCUT2D eigenvalue weighted by Crippen LogP contribution is -2.35. The molecule has 3 aromatic rings. The molecule has 6 heteroatoms. The molecule has 0 bridgehead atoms. The second-order valence-electron chi connectivity index (χ2n) is 4.54. The molecular formula is C15H15FN4O. The molecule has 3 N–H and O–H groups in total. The minimum atomic E-state index is -1.13. The van der Waals surface area contributed by atoms with Gasteiger partial charge in [-0.05, 0) is 30.3 Å². The maximum absolute atomic E-state index is 12.1. The quantitative estimate of drug-likeness (QED) is 0.497. The van der Waals surface area contributed by atoms with Crippen molar-refractivity contribution in [2.75, 3.05) is 12.1 Å². The number of rotatable bonds is 5. The van der Waals surface area contributed by atoms with Crippen LogP contribution >= 0.6 is 0 Å². The van der Waals surface area contributed by atoms with Crippen molar-refractivity contribution < 1.29 is 9.50 Å². The molecule has 1 heterocycles. The summed E-state index contributed by atoms with van der Waals surface area (Å²) in [4.78, 5) is 4.35. The monoisotopic (exact) mass is 286 g/mol. The third kappa shape index (κ3) is 2.86. The molecule has 1 atom stereocenters. The van der Waals surface area contributed by atoms with Crippen LogP contribution in [0.2, 0.25) is 0 Å². The molecule has 1 unspecified atom stereocenters. The standard InChI is InChI=1S/C15H15FN4O/c16-9-17-15(21)19-11-4-3-5-12(8-11)20-10-18-13-6-1-2-7-14(13)20/h1-8,10,15,17,19,21H,9H2. The molecule has 0 saturated heterocycles. The summed E-state index contributed by atoms with van der Waals surface area (Å²) in [5, 5.41) is 14.5. The summed E-state index contributed by atoms with van der Waals surface area (Å²) in [6.45, 7) is -0.806. The summed E-state index contributed by atoms with van der Waals surface area (Å²) in [5.74, 6) is 0. The molecule has 0 amide bonds. The zero-order valence-corrected chi connectivity index (χ0v) is 11.2. The van der Waals surface area contributed by atoms with Crippen LogP contribution in [0.15, 0.2) is 54.9 Å². The number of halogens is 1. The molecule has 0 radical (unpaired) electrons. The molecule has 1 aromatic heterocycles. The van der Waals surface area contributed by atoms with E-state index in [1.54, 1.807) is 12.4 Å². The van der Waals surface area contributed by atoms with Gasteiger partial charge in [-0.15, -0.1) is 0 Å². The first-order valence-corrected chi connectivity index (χ1v) is 6.54. The second-order valence-corrected chi connectivity index (χ2v) is 4.54. The molecule has 3 rings (SSSR count). The van der Waals surface area contributed by atoms with Gasteiger partial charge in [-0.3, -0.25) is 4.57 Å². The van der Waals surface area contributed by atoms with E-state index in [-0.39, 0.29) is 0 Å². The fraction of sp³-hybridized carbons (Fsp3) is 0.133. The van der Waals surface area contributed by atoms with Gasteiger partial charge in [-0.2, -0.15) is 0 Å². The summed E-state index contributed by atoms with van der Waals surface area (Å²) >= 11 is 0. The van der Waals surface area contributed by atoms with Gasteiger partial charge < -0.3 is 10.4 Å². The van der Waals surface area contributed by atoms with Crippen LogP contribution in [0.3, 0.4) is 0 Å². The van der Waals surface area contributed by atoms with Crippen molar-refractivity contribution in [1.82, 2.24) is 14.9 Å². The maximum Gasteiger partial charge on any atom is 0.183 e.